The van der Waals surface area contributed by atoms with Crippen molar-refractivity contribution in [3.63, 3.8) is 0 Å². The van der Waals surface area contributed by atoms with E-state index in [2.05, 4.69) is 45.0 Å². The number of nitrogens with two attached hydrogens (primary N) is 1. The van der Waals surface area contributed by atoms with Gasteiger partial charge < -0.3 is 10.5 Å². The molecule has 1 rings (SSSR count). The predicted octanol–water partition coefficient (Wildman–Crippen LogP) is 3.45. The van der Waals surface area contributed by atoms with Gasteiger partial charge in [0.15, 0.2) is 0 Å². The molecule has 0 spiro atoms. The van der Waals surface area contributed by atoms with Crippen molar-refractivity contribution >= 4 is 0 Å². The van der Waals surface area contributed by atoms with Gasteiger partial charge in [0.25, 0.3) is 0 Å². The maximum atomic E-state index is 6.37. The summed E-state index contributed by atoms with van der Waals surface area (Å²) in [5.74, 6) is 0. The van der Waals surface area contributed by atoms with Crippen LogP contribution in [0.2, 0.25) is 0 Å². The molecule has 2 heteroatoms. The first-order valence-corrected chi connectivity index (χ1v) is 6.53. The molecule has 0 aliphatic carbocycles. The minimum Gasteiger partial charge on any atom is -0.376 e. The molecule has 1 atom stereocenters. The fraction of sp³-hybridized carbons (Fsp3) is 0.600. The van der Waals surface area contributed by atoms with Gasteiger partial charge in [-0.25, -0.2) is 0 Å². The quantitative estimate of drug-likeness (QED) is 0.819. The van der Waals surface area contributed by atoms with Crippen LogP contribution in [0.25, 0.3) is 0 Å². The topological polar surface area (TPSA) is 35.2 Å². The van der Waals surface area contributed by atoms with Gasteiger partial charge in [-0.05, 0) is 30.4 Å². The summed E-state index contributed by atoms with van der Waals surface area (Å²) in [4.78, 5) is 0. The number of ether oxygens (including phenoxy) is 1. The lowest BCUT2D eigenvalue weighted by molar-refractivity contribution is -0.0385. The SMILES string of the molecule is CCc1ccc(C(N)C(CC)(CC)OC)cc1. The van der Waals surface area contributed by atoms with E-state index >= 15 is 0 Å². The number of rotatable bonds is 6. The van der Waals surface area contributed by atoms with Crippen molar-refractivity contribution in [3.05, 3.63) is 35.4 Å². The summed E-state index contributed by atoms with van der Waals surface area (Å²) in [5.41, 5.74) is 8.63. The fourth-order valence-corrected chi connectivity index (χ4v) is 2.37. The molecule has 2 N–H and O–H groups in total. The zero-order chi connectivity index (χ0) is 12.9. The molecule has 1 aromatic rings. The Bertz CT molecular complexity index is 319. The highest BCUT2D eigenvalue weighted by molar-refractivity contribution is 5.26. The largest absolute Gasteiger partial charge is 0.376 e. The van der Waals surface area contributed by atoms with Crippen molar-refractivity contribution in [2.75, 3.05) is 7.11 Å². The standard InChI is InChI=1S/C15H25NO/c1-5-12-8-10-13(11-9-12)14(16)15(6-2,7-3)17-4/h8-11,14H,5-7,16H2,1-4H3. The van der Waals surface area contributed by atoms with Crippen molar-refractivity contribution < 1.29 is 4.74 Å². The second-order valence-electron chi connectivity index (χ2n) is 4.55. The summed E-state index contributed by atoms with van der Waals surface area (Å²) in [5, 5.41) is 0. The summed E-state index contributed by atoms with van der Waals surface area (Å²) in [6.07, 6.45) is 2.92. The highest BCUT2D eigenvalue weighted by atomic mass is 16.5. The van der Waals surface area contributed by atoms with Crippen LogP contribution in [0, 0.1) is 0 Å². The van der Waals surface area contributed by atoms with E-state index in [-0.39, 0.29) is 11.6 Å². The number of hydrogen-bond donors (Lipinski definition) is 1. The molecule has 0 saturated heterocycles. The van der Waals surface area contributed by atoms with Crippen LogP contribution in [0.5, 0.6) is 0 Å². The van der Waals surface area contributed by atoms with Gasteiger partial charge in [-0.1, -0.05) is 45.0 Å². The third-order valence-electron chi connectivity index (χ3n) is 3.92. The minimum atomic E-state index is -0.242. The van der Waals surface area contributed by atoms with Gasteiger partial charge in [0.2, 0.25) is 0 Å². The molecule has 96 valence electrons. The van der Waals surface area contributed by atoms with Gasteiger partial charge in [0, 0.05) is 7.11 Å². The molecule has 0 aromatic heterocycles. The average molecular weight is 235 g/mol. The second-order valence-corrected chi connectivity index (χ2v) is 4.55. The molecule has 0 aliphatic rings. The lowest BCUT2D eigenvalue weighted by atomic mass is 9.84. The summed E-state index contributed by atoms with van der Waals surface area (Å²) >= 11 is 0. The van der Waals surface area contributed by atoms with Gasteiger partial charge in [-0.2, -0.15) is 0 Å². The lowest BCUT2D eigenvalue weighted by Gasteiger charge is -2.36. The average Bonchev–Trinajstić information content (AvgIpc) is 2.41. The molecule has 1 aromatic carbocycles. The second kappa shape index (κ2) is 6.18. The first-order valence-electron chi connectivity index (χ1n) is 6.53. The summed E-state index contributed by atoms with van der Waals surface area (Å²) in [7, 11) is 1.76. The molecule has 17 heavy (non-hydrogen) atoms. The zero-order valence-electron chi connectivity index (χ0n) is 11.5. The molecule has 0 amide bonds. The van der Waals surface area contributed by atoms with Crippen LogP contribution in [-0.4, -0.2) is 12.7 Å². The van der Waals surface area contributed by atoms with Crippen LogP contribution in [0.3, 0.4) is 0 Å². The van der Waals surface area contributed by atoms with Crippen LogP contribution >= 0.6 is 0 Å². The molecule has 0 bridgehead atoms. The lowest BCUT2D eigenvalue weighted by Crippen LogP contribution is -2.42. The minimum absolute atomic E-state index is 0.0617. The molecule has 0 aliphatic heterocycles. The summed E-state index contributed by atoms with van der Waals surface area (Å²) in [6, 6.07) is 8.50. The predicted molar refractivity (Wildman–Crippen MR) is 73.1 cm³/mol. The monoisotopic (exact) mass is 235 g/mol. The van der Waals surface area contributed by atoms with E-state index in [9.17, 15) is 0 Å². The Morgan fingerprint density at radius 2 is 1.65 bits per heavy atom. The Kier molecular flexibility index (Phi) is 5.16. The van der Waals surface area contributed by atoms with Crippen LogP contribution in [0.4, 0.5) is 0 Å². The maximum Gasteiger partial charge on any atom is 0.0865 e. The fourth-order valence-electron chi connectivity index (χ4n) is 2.37. The number of hydrogen-bond acceptors (Lipinski definition) is 2. The van der Waals surface area contributed by atoms with Crippen molar-refractivity contribution in [2.24, 2.45) is 5.73 Å². The number of benzene rings is 1. The maximum absolute atomic E-state index is 6.37. The molecular weight excluding hydrogens is 210 g/mol. The van der Waals surface area contributed by atoms with E-state index in [0.717, 1.165) is 24.8 Å². The first-order chi connectivity index (χ1) is 8.13. The van der Waals surface area contributed by atoms with E-state index < -0.39 is 0 Å². The van der Waals surface area contributed by atoms with Gasteiger partial charge in [0.05, 0.1) is 11.6 Å². The third-order valence-corrected chi connectivity index (χ3v) is 3.92. The van der Waals surface area contributed by atoms with Crippen LogP contribution in [0.15, 0.2) is 24.3 Å². The summed E-state index contributed by atoms with van der Waals surface area (Å²) in [6.45, 7) is 6.42. The Hall–Kier alpha value is -0.860. The van der Waals surface area contributed by atoms with Gasteiger partial charge in [-0.15, -0.1) is 0 Å². The first kappa shape index (κ1) is 14.2. The number of methoxy groups -OCH3 is 1. The molecule has 0 radical (unpaired) electrons. The Morgan fingerprint density at radius 3 is 2.00 bits per heavy atom. The zero-order valence-corrected chi connectivity index (χ0v) is 11.5. The smallest absolute Gasteiger partial charge is 0.0865 e. The Balaban J connectivity index is 2.96. The molecular formula is C15H25NO. The van der Waals surface area contributed by atoms with E-state index in [4.69, 9.17) is 10.5 Å². The van der Waals surface area contributed by atoms with E-state index in [1.54, 1.807) is 7.11 Å². The molecule has 2 nitrogen and oxygen atoms in total. The molecule has 1 unspecified atom stereocenters. The van der Waals surface area contributed by atoms with E-state index in [0.29, 0.717) is 0 Å². The van der Waals surface area contributed by atoms with Crippen LogP contribution < -0.4 is 5.73 Å². The van der Waals surface area contributed by atoms with Crippen molar-refractivity contribution in [1.29, 1.82) is 0 Å². The van der Waals surface area contributed by atoms with Crippen molar-refractivity contribution in [3.8, 4) is 0 Å². The van der Waals surface area contributed by atoms with Crippen molar-refractivity contribution in [1.82, 2.24) is 0 Å². The van der Waals surface area contributed by atoms with Crippen LogP contribution in [-0.2, 0) is 11.2 Å². The van der Waals surface area contributed by atoms with E-state index in [1.807, 2.05) is 0 Å². The Morgan fingerprint density at radius 1 is 1.12 bits per heavy atom. The van der Waals surface area contributed by atoms with Gasteiger partial charge >= 0.3 is 0 Å². The molecule has 0 fully saturated rings. The van der Waals surface area contributed by atoms with Crippen molar-refractivity contribution in [2.45, 2.75) is 51.7 Å². The highest BCUT2D eigenvalue weighted by Gasteiger charge is 2.34. The van der Waals surface area contributed by atoms with Gasteiger partial charge in [-0.3, -0.25) is 0 Å². The summed E-state index contributed by atoms with van der Waals surface area (Å²) < 4.78 is 5.68. The van der Waals surface area contributed by atoms with Crippen LogP contribution in [0.1, 0.15) is 50.8 Å². The molecule has 0 saturated carbocycles. The third kappa shape index (κ3) is 2.88. The van der Waals surface area contributed by atoms with Gasteiger partial charge in [0.1, 0.15) is 0 Å². The Labute approximate surface area is 105 Å². The molecule has 0 heterocycles. The normalized spacial score (nSPS) is 13.7. The number of aryl methyl sites for hydroxylation is 1. The van der Waals surface area contributed by atoms with E-state index in [1.165, 1.54) is 5.56 Å². The highest BCUT2D eigenvalue weighted by Crippen LogP contribution is 2.33.